The third-order valence-corrected chi connectivity index (χ3v) is 2.43. The van der Waals surface area contributed by atoms with Crippen molar-refractivity contribution >= 4 is 29.2 Å². The van der Waals surface area contributed by atoms with Crippen LogP contribution >= 0.6 is 11.6 Å². The van der Waals surface area contributed by atoms with Gasteiger partial charge in [0.2, 0.25) is 0 Å². The number of carboxylic acid groups (broad SMARTS) is 1. The molecule has 0 spiro atoms. The molecule has 96 valence electrons. The highest BCUT2D eigenvalue weighted by atomic mass is 35.5. The van der Waals surface area contributed by atoms with Crippen LogP contribution in [0.4, 0.5) is 5.69 Å². The summed E-state index contributed by atoms with van der Waals surface area (Å²) in [5.41, 5.74) is -0.482. The summed E-state index contributed by atoms with van der Waals surface area (Å²) in [5, 5.41) is 23.1. The molecule has 0 aromatic heterocycles. The molecule has 0 fully saturated rings. The molecule has 1 aromatic carbocycles. The van der Waals surface area contributed by atoms with E-state index < -0.39 is 28.5 Å². The van der Waals surface area contributed by atoms with Crippen LogP contribution < -0.4 is 10.4 Å². The summed E-state index contributed by atoms with van der Waals surface area (Å²) < 4.78 is 0. The molecule has 0 unspecified atom stereocenters. The molecule has 0 aliphatic rings. The van der Waals surface area contributed by atoms with E-state index >= 15 is 0 Å². The molecule has 0 saturated carbocycles. The lowest BCUT2D eigenvalue weighted by molar-refractivity contribution is -0.384. The summed E-state index contributed by atoms with van der Waals surface area (Å²) in [6.07, 6.45) is 0. The molecular formula is C10H8ClN2O5-. The van der Waals surface area contributed by atoms with E-state index in [1.165, 1.54) is 19.1 Å². The number of nitro groups is 1. The molecule has 8 heteroatoms. The number of nitro benzene ring substituents is 1. The summed E-state index contributed by atoms with van der Waals surface area (Å²) in [6.45, 7) is 1.22. The number of hydrogen-bond donors (Lipinski definition) is 1. The SMILES string of the molecule is C[C@H](NC(=O)c1ccc(Cl)c([N+](=O)[O-])c1)C(=O)[O-]. The van der Waals surface area contributed by atoms with Crippen LogP contribution in [0.3, 0.4) is 0 Å². The van der Waals surface area contributed by atoms with E-state index in [1.54, 1.807) is 0 Å². The van der Waals surface area contributed by atoms with Crippen molar-refractivity contribution in [1.29, 1.82) is 0 Å². The average molecular weight is 272 g/mol. The number of carbonyl (C=O) groups excluding carboxylic acids is 2. The Kier molecular flexibility index (Phi) is 4.22. The Labute approximate surface area is 107 Å². The first kappa shape index (κ1) is 13.9. The second-order valence-electron chi connectivity index (χ2n) is 3.44. The topological polar surface area (TPSA) is 112 Å². The second-order valence-corrected chi connectivity index (χ2v) is 3.84. The van der Waals surface area contributed by atoms with Crippen molar-refractivity contribution in [1.82, 2.24) is 5.32 Å². The number of carboxylic acids is 1. The van der Waals surface area contributed by atoms with Gasteiger partial charge in [-0.1, -0.05) is 11.6 Å². The summed E-state index contributed by atoms with van der Waals surface area (Å²) >= 11 is 5.57. The number of amides is 1. The molecule has 0 aliphatic carbocycles. The highest BCUT2D eigenvalue weighted by Gasteiger charge is 2.17. The number of halogens is 1. The van der Waals surface area contributed by atoms with Crippen molar-refractivity contribution in [3.8, 4) is 0 Å². The van der Waals surface area contributed by atoms with Crippen molar-refractivity contribution < 1.29 is 19.6 Å². The summed E-state index contributed by atoms with van der Waals surface area (Å²) in [5.74, 6) is -2.21. The Hall–Kier alpha value is -2.15. The quantitative estimate of drug-likeness (QED) is 0.617. The van der Waals surface area contributed by atoms with Gasteiger partial charge >= 0.3 is 0 Å². The third kappa shape index (κ3) is 3.17. The zero-order valence-corrected chi connectivity index (χ0v) is 9.93. The summed E-state index contributed by atoms with van der Waals surface area (Å²) in [4.78, 5) is 31.9. The molecular weight excluding hydrogens is 264 g/mol. The Balaban J connectivity index is 2.97. The van der Waals surface area contributed by atoms with E-state index in [1.807, 2.05) is 0 Å². The largest absolute Gasteiger partial charge is 0.548 e. The first-order valence-electron chi connectivity index (χ1n) is 4.78. The van der Waals surface area contributed by atoms with Gasteiger partial charge in [-0.2, -0.15) is 0 Å². The molecule has 1 amide bonds. The number of hydrogen-bond acceptors (Lipinski definition) is 5. The van der Waals surface area contributed by atoms with Crippen molar-refractivity contribution in [2.24, 2.45) is 0 Å². The van der Waals surface area contributed by atoms with Gasteiger partial charge in [-0.15, -0.1) is 0 Å². The molecule has 1 atom stereocenters. The van der Waals surface area contributed by atoms with Gasteiger partial charge < -0.3 is 15.2 Å². The van der Waals surface area contributed by atoms with Gasteiger partial charge in [-0.3, -0.25) is 14.9 Å². The van der Waals surface area contributed by atoms with Crippen LogP contribution in [0.2, 0.25) is 5.02 Å². The number of carbonyl (C=O) groups is 2. The Bertz CT molecular complexity index is 517. The Morgan fingerprint density at radius 3 is 2.56 bits per heavy atom. The van der Waals surface area contributed by atoms with Gasteiger partial charge in [-0.05, 0) is 19.1 Å². The fourth-order valence-corrected chi connectivity index (χ4v) is 1.32. The van der Waals surface area contributed by atoms with E-state index in [-0.39, 0.29) is 10.6 Å². The maximum absolute atomic E-state index is 11.6. The first-order chi connectivity index (χ1) is 8.32. The Morgan fingerprint density at radius 2 is 2.06 bits per heavy atom. The normalized spacial score (nSPS) is 11.7. The molecule has 0 aliphatic heterocycles. The number of nitrogens with one attached hydrogen (secondary N) is 1. The monoisotopic (exact) mass is 271 g/mol. The molecule has 0 heterocycles. The lowest BCUT2D eigenvalue weighted by Crippen LogP contribution is -2.45. The van der Waals surface area contributed by atoms with Gasteiger partial charge in [0.15, 0.2) is 0 Å². The minimum Gasteiger partial charge on any atom is -0.548 e. The lowest BCUT2D eigenvalue weighted by Gasteiger charge is -2.14. The Morgan fingerprint density at radius 1 is 1.44 bits per heavy atom. The molecule has 1 rings (SSSR count). The maximum atomic E-state index is 11.6. The van der Waals surface area contributed by atoms with E-state index in [9.17, 15) is 24.8 Å². The lowest BCUT2D eigenvalue weighted by atomic mass is 10.2. The van der Waals surface area contributed by atoms with E-state index in [0.717, 1.165) is 6.07 Å². The molecule has 0 saturated heterocycles. The highest BCUT2D eigenvalue weighted by Crippen LogP contribution is 2.24. The van der Waals surface area contributed by atoms with Crippen LogP contribution in [0.25, 0.3) is 0 Å². The number of nitrogens with zero attached hydrogens (tertiary/aromatic N) is 1. The number of aliphatic carboxylic acids is 1. The van der Waals surface area contributed by atoms with Crippen LogP contribution in [0, 0.1) is 10.1 Å². The molecule has 0 radical (unpaired) electrons. The molecule has 7 nitrogen and oxygen atoms in total. The first-order valence-corrected chi connectivity index (χ1v) is 5.16. The van der Waals surface area contributed by atoms with Crippen LogP contribution in [-0.2, 0) is 4.79 Å². The van der Waals surface area contributed by atoms with E-state index in [0.29, 0.717) is 0 Å². The van der Waals surface area contributed by atoms with Crippen molar-refractivity contribution in [2.45, 2.75) is 13.0 Å². The van der Waals surface area contributed by atoms with Gasteiger partial charge in [0.1, 0.15) is 5.02 Å². The molecule has 18 heavy (non-hydrogen) atoms. The molecule has 1 aromatic rings. The van der Waals surface area contributed by atoms with Crippen LogP contribution in [-0.4, -0.2) is 22.8 Å². The summed E-state index contributed by atoms with van der Waals surface area (Å²) in [7, 11) is 0. The maximum Gasteiger partial charge on any atom is 0.288 e. The van der Waals surface area contributed by atoms with Crippen molar-refractivity contribution in [2.75, 3.05) is 0 Å². The minimum absolute atomic E-state index is 0.0563. The standard InChI is InChI=1S/C10H9ClN2O5/c1-5(10(15)16)12-9(14)6-2-3-7(11)8(4-6)13(17)18/h2-5H,1H3,(H,12,14)(H,15,16)/p-1/t5-/m0/s1. The van der Waals surface area contributed by atoms with Crippen LogP contribution in [0.1, 0.15) is 17.3 Å². The van der Waals surface area contributed by atoms with Gasteiger partial charge in [0.05, 0.1) is 16.9 Å². The van der Waals surface area contributed by atoms with Gasteiger partial charge in [0, 0.05) is 11.6 Å². The van der Waals surface area contributed by atoms with E-state index in [4.69, 9.17) is 11.6 Å². The minimum atomic E-state index is -1.45. The zero-order valence-electron chi connectivity index (χ0n) is 9.18. The zero-order chi connectivity index (χ0) is 13.9. The van der Waals surface area contributed by atoms with Crippen LogP contribution in [0.15, 0.2) is 18.2 Å². The van der Waals surface area contributed by atoms with Gasteiger partial charge in [0.25, 0.3) is 11.6 Å². The second kappa shape index (κ2) is 5.46. The smallest absolute Gasteiger partial charge is 0.288 e. The molecule has 0 bridgehead atoms. The fourth-order valence-electron chi connectivity index (χ4n) is 1.13. The summed E-state index contributed by atoms with van der Waals surface area (Å²) in [6, 6.07) is 2.22. The number of rotatable bonds is 4. The predicted octanol–water partition coefficient (Wildman–Crippen LogP) is 0.116. The third-order valence-electron chi connectivity index (χ3n) is 2.11. The average Bonchev–Trinajstić information content (AvgIpc) is 2.28. The van der Waals surface area contributed by atoms with Crippen molar-refractivity contribution in [3.05, 3.63) is 38.9 Å². The van der Waals surface area contributed by atoms with E-state index in [2.05, 4.69) is 5.32 Å². The highest BCUT2D eigenvalue weighted by molar-refractivity contribution is 6.32. The van der Waals surface area contributed by atoms with Crippen LogP contribution in [0.5, 0.6) is 0 Å². The predicted molar refractivity (Wildman–Crippen MR) is 60.0 cm³/mol. The molecule has 1 N–H and O–H groups in total. The van der Waals surface area contributed by atoms with Gasteiger partial charge in [-0.25, -0.2) is 0 Å². The van der Waals surface area contributed by atoms with Crippen molar-refractivity contribution in [3.63, 3.8) is 0 Å². The number of benzene rings is 1. The fraction of sp³-hybridized carbons (Fsp3) is 0.200.